The lowest BCUT2D eigenvalue weighted by molar-refractivity contribution is -0.633. The summed E-state index contributed by atoms with van der Waals surface area (Å²) in [5.41, 5.74) is 6.54. The molecule has 4 rings (SSSR count). The zero-order valence-corrected chi connectivity index (χ0v) is 15.4. The number of hydrogen-bond acceptors (Lipinski definition) is 0. The highest BCUT2D eigenvalue weighted by atomic mass is 14.9. The van der Waals surface area contributed by atoms with Gasteiger partial charge >= 0.3 is 0 Å². The first kappa shape index (κ1) is 15.8. The van der Waals surface area contributed by atoms with Crippen LogP contribution in [-0.2, 0) is 7.05 Å². The fourth-order valence-electron chi connectivity index (χ4n) is 3.68. The summed E-state index contributed by atoms with van der Waals surface area (Å²) in [6.07, 6.45) is 0. The number of benzene rings is 3. The Morgan fingerprint density at radius 1 is 0.760 bits per heavy atom. The third-order valence-corrected chi connectivity index (χ3v) is 5.23. The topological polar surface area (TPSA) is 3.88 Å². The van der Waals surface area contributed by atoms with Crippen molar-refractivity contribution in [1.82, 2.24) is 0 Å². The minimum Gasteiger partial charge on any atom is -0.194 e. The van der Waals surface area contributed by atoms with Crippen LogP contribution >= 0.6 is 0 Å². The Morgan fingerprint density at radius 2 is 1.48 bits per heavy atom. The first-order valence-corrected chi connectivity index (χ1v) is 8.97. The lowest BCUT2D eigenvalue weighted by Crippen LogP contribution is -2.32. The van der Waals surface area contributed by atoms with Crippen LogP contribution in [0.15, 0.2) is 66.7 Å². The largest absolute Gasteiger partial charge is 0.213 e. The summed E-state index contributed by atoms with van der Waals surface area (Å²) >= 11 is 0. The van der Waals surface area contributed by atoms with Crippen molar-refractivity contribution in [1.29, 1.82) is 0 Å². The highest BCUT2D eigenvalue weighted by molar-refractivity contribution is 5.88. The van der Waals surface area contributed by atoms with Crippen molar-refractivity contribution in [2.45, 2.75) is 26.7 Å². The van der Waals surface area contributed by atoms with Gasteiger partial charge in [0.05, 0.1) is 0 Å². The van der Waals surface area contributed by atoms with Crippen LogP contribution < -0.4 is 4.57 Å². The Balaban J connectivity index is 1.94. The first-order valence-electron chi connectivity index (χ1n) is 8.97. The molecule has 0 spiro atoms. The van der Waals surface area contributed by atoms with Crippen molar-refractivity contribution in [2.75, 3.05) is 0 Å². The predicted molar refractivity (Wildman–Crippen MR) is 107 cm³/mol. The second-order valence-corrected chi connectivity index (χ2v) is 7.26. The maximum atomic E-state index is 2.32. The molecular formula is C24H24N+. The summed E-state index contributed by atoms with van der Waals surface area (Å²) in [6, 6.07) is 24.5. The first-order chi connectivity index (χ1) is 12.0. The monoisotopic (exact) mass is 326 g/mol. The summed E-state index contributed by atoms with van der Waals surface area (Å²) in [7, 11) is 2.17. The third-order valence-electron chi connectivity index (χ3n) is 5.23. The normalized spacial score (nSPS) is 11.6. The predicted octanol–water partition coefficient (Wildman–Crippen LogP) is 5.92. The molecule has 124 valence electrons. The second-order valence-electron chi connectivity index (χ2n) is 7.26. The molecule has 0 aliphatic carbocycles. The third kappa shape index (κ3) is 2.70. The molecule has 0 atom stereocenters. The Kier molecular flexibility index (Phi) is 3.80. The fourth-order valence-corrected chi connectivity index (χ4v) is 3.68. The molecule has 0 bridgehead atoms. The number of hydrogen-bond donors (Lipinski definition) is 0. The van der Waals surface area contributed by atoms with Crippen molar-refractivity contribution in [3.05, 3.63) is 77.9 Å². The summed E-state index contributed by atoms with van der Waals surface area (Å²) in [5, 5.41) is 3.89. The van der Waals surface area contributed by atoms with Crippen molar-refractivity contribution < 1.29 is 4.57 Å². The van der Waals surface area contributed by atoms with E-state index in [4.69, 9.17) is 0 Å². The summed E-state index contributed by atoms with van der Waals surface area (Å²) < 4.78 is 2.32. The Hall–Kier alpha value is -2.67. The van der Waals surface area contributed by atoms with Crippen LogP contribution in [0.1, 0.15) is 30.9 Å². The molecule has 0 saturated heterocycles. The van der Waals surface area contributed by atoms with E-state index in [0.29, 0.717) is 5.92 Å². The van der Waals surface area contributed by atoms with Gasteiger partial charge in [-0.15, -0.1) is 0 Å². The number of rotatable bonds is 2. The number of nitrogens with zero attached hydrogens (tertiary/aromatic N) is 1. The zero-order chi connectivity index (χ0) is 17.6. The van der Waals surface area contributed by atoms with E-state index in [1.807, 2.05) is 0 Å². The lowest BCUT2D eigenvalue weighted by Gasteiger charge is -2.10. The van der Waals surface area contributed by atoms with Gasteiger partial charge in [-0.1, -0.05) is 50.2 Å². The van der Waals surface area contributed by atoms with E-state index in [1.54, 1.807) is 0 Å². The maximum Gasteiger partial charge on any atom is 0.213 e. The molecule has 0 amide bonds. The molecule has 0 saturated carbocycles. The molecule has 0 N–H and O–H groups in total. The molecule has 0 fully saturated rings. The van der Waals surface area contributed by atoms with Crippen LogP contribution in [0.3, 0.4) is 0 Å². The van der Waals surface area contributed by atoms with Crippen molar-refractivity contribution in [3.63, 3.8) is 0 Å². The van der Waals surface area contributed by atoms with E-state index in [0.717, 1.165) is 0 Å². The summed E-state index contributed by atoms with van der Waals surface area (Å²) in [5.74, 6) is 0.553. The van der Waals surface area contributed by atoms with Gasteiger partial charge in [-0.3, -0.25) is 0 Å². The van der Waals surface area contributed by atoms with Crippen molar-refractivity contribution in [2.24, 2.45) is 7.05 Å². The molecule has 25 heavy (non-hydrogen) atoms. The van der Waals surface area contributed by atoms with Gasteiger partial charge in [0, 0.05) is 23.1 Å². The number of aryl methyl sites for hydroxylation is 2. The second kappa shape index (κ2) is 6.00. The van der Waals surface area contributed by atoms with E-state index >= 15 is 0 Å². The average molecular weight is 326 g/mol. The molecule has 1 heteroatoms. The molecule has 4 aromatic rings. The standard InChI is InChI=1S/C24H24N/c1-16(2)18-9-11-23-21(14-18)10-12-24(25(23)4)22-15-20-8-6-5-7-19(20)13-17(22)3/h5-16H,1-4H3/q+1. The van der Waals surface area contributed by atoms with E-state index in [2.05, 4.69) is 99.1 Å². The molecule has 0 aliphatic heterocycles. The van der Waals surface area contributed by atoms with Crippen LogP contribution in [0.25, 0.3) is 32.9 Å². The molecule has 0 radical (unpaired) electrons. The smallest absolute Gasteiger partial charge is 0.194 e. The fraction of sp³-hybridized carbons (Fsp3) is 0.208. The van der Waals surface area contributed by atoms with E-state index in [9.17, 15) is 0 Å². The molecule has 0 unspecified atom stereocenters. The Morgan fingerprint density at radius 3 is 2.20 bits per heavy atom. The quantitative estimate of drug-likeness (QED) is 0.403. The number of fused-ring (bicyclic) bond motifs is 2. The average Bonchev–Trinajstić information content (AvgIpc) is 2.61. The van der Waals surface area contributed by atoms with Gasteiger partial charge in [0.2, 0.25) is 11.2 Å². The van der Waals surface area contributed by atoms with Crippen LogP contribution in [0.2, 0.25) is 0 Å². The molecule has 3 aromatic carbocycles. The molecular weight excluding hydrogens is 302 g/mol. The van der Waals surface area contributed by atoms with Crippen molar-refractivity contribution in [3.8, 4) is 11.3 Å². The molecule has 0 aliphatic rings. The molecule has 1 aromatic heterocycles. The maximum absolute atomic E-state index is 2.32. The van der Waals surface area contributed by atoms with Crippen LogP contribution in [0.4, 0.5) is 0 Å². The van der Waals surface area contributed by atoms with Gasteiger partial charge in [0.15, 0.2) is 0 Å². The van der Waals surface area contributed by atoms with Crippen LogP contribution in [-0.4, -0.2) is 0 Å². The van der Waals surface area contributed by atoms with Crippen LogP contribution in [0.5, 0.6) is 0 Å². The van der Waals surface area contributed by atoms with Gasteiger partial charge in [-0.25, -0.2) is 0 Å². The van der Waals surface area contributed by atoms with Gasteiger partial charge in [-0.2, -0.15) is 4.57 Å². The minimum atomic E-state index is 0.553. The molecule has 1 heterocycles. The van der Waals surface area contributed by atoms with Crippen molar-refractivity contribution >= 4 is 21.7 Å². The van der Waals surface area contributed by atoms with E-state index in [-0.39, 0.29) is 0 Å². The van der Waals surface area contributed by atoms with Crippen LogP contribution in [0, 0.1) is 6.92 Å². The summed E-state index contributed by atoms with van der Waals surface area (Å²) in [4.78, 5) is 0. The molecule has 1 nitrogen and oxygen atoms in total. The van der Waals surface area contributed by atoms with E-state index < -0.39 is 0 Å². The highest BCUT2D eigenvalue weighted by Crippen LogP contribution is 2.28. The Bertz CT molecular complexity index is 1090. The zero-order valence-electron chi connectivity index (χ0n) is 15.4. The van der Waals surface area contributed by atoms with Gasteiger partial charge in [0.25, 0.3) is 0 Å². The van der Waals surface area contributed by atoms with E-state index in [1.165, 1.54) is 44.1 Å². The Labute approximate surface area is 149 Å². The number of aromatic nitrogens is 1. The summed E-state index contributed by atoms with van der Waals surface area (Å²) in [6.45, 7) is 6.69. The SMILES string of the molecule is Cc1cc2ccccc2cc1-c1ccc2cc(C(C)C)ccc2[n+]1C. The highest BCUT2D eigenvalue weighted by Gasteiger charge is 2.17. The van der Waals surface area contributed by atoms with Gasteiger partial charge in [-0.05, 0) is 52.9 Å². The minimum absolute atomic E-state index is 0.553. The lowest BCUT2D eigenvalue weighted by atomic mass is 9.97. The number of pyridine rings is 1. The van der Waals surface area contributed by atoms with Gasteiger partial charge < -0.3 is 0 Å². The van der Waals surface area contributed by atoms with Gasteiger partial charge in [0.1, 0.15) is 7.05 Å².